The molecular formula is C10H16ClF2NO. The highest BCUT2D eigenvalue weighted by molar-refractivity contribution is 6.18. The summed E-state index contributed by atoms with van der Waals surface area (Å²) in [5.74, 6) is -2.04. The summed E-state index contributed by atoms with van der Waals surface area (Å²) in [5.41, 5.74) is -0.818. The minimum atomic E-state index is -2.47. The molecule has 1 saturated heterocycles. The fourth-order valence-corrected chi connectivity index (χ4v) is 2.31. The van der Waals surface area contributed by atoms with Crippen LogP contribution in [0.4, 0.5) is 8.78 Å². The number of hydrogen-bond donors (Lipinski definition) is 0. The van der Waals surface area contributed by atoms with Crippen LogP contribution >= 0.6 is 11.6 Å². The molecule has 0 N–H and O–H groups in total. The van der Waals surface area contributed by atoms with Crippen LogP contribution < -0.4 is 0 Å². The summed E-state index contributed by atoms with van der Waals surface area (Å²) >= 11 is 5.69. The monoisotopic (exact) mass is 239 g/mol. The highest BCUT2D eigenvalue weighted by atomic mass is 35.5. The first-order valence-electron chi connectivity index (χ1n) is 5.25. The predicted octanol–water partition coefficient (Wildman–Crippen LogP) is 1.97. The van der Waals surface area contributed by atoms with E-state index in [4.69, 9.17) is 16.3 Å². The zero-order chi connectivity index (χ0) is 11.1. The summed E-state index contributed by atoms with van der Waals surface area (Å²) in [6, 6.07) is 0. The summed E-state index contributed by atoms with van der Waals surface area (Å²) in [4.78, 5) is 2.04. The summed E-state index contributed by atoms with van der Waals surface area (Å²) in [5, 5.41) is 0. The number of rotatable bonds is 3. The standard InChI is InChI=1S/C10H16ClF2NO/c1-9(6-10(9,12)13)7-14-2-3-15-8(4-11)5-14/h8H,2-7H2,1H3. The second-order valence-corrected chi connectivity index (χ2v) is 5.13. The first kappa shape index (κ1) is 11.6. The largest absolute Gasteiger partial charge is 0.374 e. The van der Waals surface area contributed by atoms with Gasteiger partial charge in [0, 0.05) is 37.4 Å². The summed E-state index contributed by atoms with van der Waals surface area (Å²) in [7, 11) is 0. The van der Waals surface area contributed by atoms with Crippen molar-refractivity contribution in [3.63, 3.8) is 0 Å². The topological polar surface area (TPSA) is 12.5 Å². The van der Waals surface area contributed by atoms with E-state index in [1.807, 2.05) is 4.90 Å². The minimum absolute atomic E-state index is 0.00334. The van der Waals surface area contributed by atoms with Gasteiger partial charge in [-0.25, -0.2) is 8.78 Å². The lowest BCUT2D eigenvalue weighted by molar-refractivity contribution is -0.0320. The Bertz CT molecular complexity index is 252. The Morgan fingerprint density at radius 3 is 2.73 bits per heavy atom. The number of nitrogens with zero attached hydrogens (tertiary/aromatic N) is 1. The van der Waals surface area contributed by atoms with Gasteiger partial charge in [-0.05, 0) is 0 Å². The van der Waals surface area contributed by atoms with Gasteiger partial charge in [-0.15, -0.1) is 11.6 Å². The molecule has 2 atom stereocenters. The van der Waals surface area contributed by atoms with Gasteiger partial charge >= 0.3 is 0 Å². The van der Waals surface area contributed by atoms with Crippen molar-refractivity contribution in [3.8, 4) is 0 Å². The lowest BCUT2D eigenvalue weighted by Crippen LogP contribution is -2.45. The molecule has 1 aliphatic carbocycles. The molecule has 0 spiro atoms. The van der Waals surface area contributed by atoms with Crippen LogP contribution in [0.3, 0.4) is 0 Å². The molecule has 0 amide bonds. The van der Waals surface area contributed by atoms with E-state index in [0.717, 1.165) is 6.54 Å². The lowest BCUT2D eigenvalue weighted by atomic mass is 10.1. The summed E-state index contributed by atoms with van der Waals surface area (Å²) in [6.07, 6.45) is 0.0134. The molecule has 2 nitrogen and oxygen atoms in total. The Morgan fingerprint density at radius 1 is 1.53 bits per heavy atom. The van der Waals surface area contributed by atoms with Gasteiger partial charge in [0.2, 0.25) is 0 Å². The number of ether oxygens (including phenoxy) is 1. The van der Waals surface area contributed by atoms with Gasteiger partial charge in [0.05, 0.1) is 12.7 Å². The zero-order valence-corrected chi connectivity index (χ0v) is 9.57. The van der Waals surface area contributed by atoms with Gasteiger partial charge < -0.3 is 4.74 Å². The van der Waals surface area contributed by atoms with Crippen molar-refractivity contribution in [3.05, 3.63) is 0 Å². The minimum Gasteiger partial charge on any atom is -0.374 e. The molecule has 0 radical (unpaired) electrons. The van der Waals surface area contributed by atoms with E-state index in [-0.39, 0.29) is 12.5 Å². The van der Waals surface area contributed by atoms with Gasteiger partial charge in [-0.1, -0.05) is 6.92 Å². The molecule has 2 fully saturated rings. The van der Waals surface area contributed by atoms with Crippen molar-refractivity contribution in [1.82, 2.24) is 4.90 Å². The van der Waals surface area contributed by atoms with Crippen LogP contribution in [-0.2, 0) is 4.74 Å². The molecule has 0 aromatic heterocycles. The molecule has 88 valence electrons. The van der Waals surface area contributed by atoms with Crippen LogP contribution in [-0.4, -0.2) is 49.0 Å². The molecule has 1 heterocycles. The number of morpholine rings is 1. The van der Waals surface area contributed by atoms with Crippen LogP contribution in [0, 0.1) is 5.41 Å². The van der Waals surface area contributed by atoms with Crippen molar-refractivity contribution >= 4 is 11.6 Å². The SMILES string of the molecule is CC1(CN2CCOC(CCl)C2)CC1(F)F. The predicted molar refractivity (Wildman–Crippen MR) is 54.6 cm³/mol. The van der Waals surface area contributed by atoms with Gasteiger partial charge in [-0.3, -0.25) is 4.90 Å². The molecule has 15 heavy (non-hydrogen) atoms. The molecule has 0 aromatic rings. The Hall–Kier alpha value is 0.0700. The average molecular weight is 240 g/mol. The van der Waals surface area contributed by atoms with E-state index < -0.39 is 11.3 Å². The van der Waals surface area contributed by atoms with Gasteiger partial charge in [0.15, 0.2) is 0 Å². The highest BCUT2D eigenvalue weighted by Crippen LogP contribution is 2.60. The maximum atomic E-state index is 13.0. The van der Waals surface area contributed by atoms with Gasteiger partial charge in [-0.2, -0.15) is 0 Å². The van der Waals surface area contributed by atoms with E-state index in [1.54, 1.807) is 6.92 Å². The number of alkyl halides is 3. The first-order valence-corrected chi connectivity index (χ1v) is 5.78. The van der Waals surface area contributed by atoms with Crippen LogP contribution in [0.2, 0.25) is 0 Å². The Labute approximate surface area is 93.5 Å². The van der Waals surface area contributed by atoms with Crippen molar-refractivity contribution < 1.29 is 13.5 Å². The van der Waals surface area contributed by atoms with Crippen LogP contribution in [0.15, 0.2) is 0 Å². The highest BCUT2D eigenvalue weighted by Gasteiger charge is 2.68. The van der Waals surface area contributed by atoms with Crippen molar-refractivity contribution in [2.75, 3.05) is 32.1 Å². The van der Waals surface area contributed by atoms with Crippen molar-refractivity contribution in [2.45, 2.75) is 25.4 Å². The Morgan fingerprint density at radius 2 is 2.20 bits per heavy atom. The van der Waals surface area contributed by atoms with E-state index >= 15 is 0 Å². The molecule has 0 bridgehead atoms. The van der Waals surface area contributed by atoms with Crippen LogP contribution in [0.1, 0.15) is 13.3 Å². The van der Waals surface area contributed by atoms with Crippen LogP contribution in [0.5, 0.6) is 0 Å². The van der Waals surface area contributed by atoms with Crippen LogP contribution in [0.25, 0.3) is 0 Å². The normalized spacial score (nSPS) is 40.4. The Kier molecular flexibility index (Phi) is 2.95. The Balaban J connectivity index is 1.85. The molecule has 2 unspecified atom stereocenters. The average Bonchev–Trinajstić information content (AvgIpc) is 2.65. The quantitative estimate of drug-likeness (QED) is 0.699. The fraction of sp³-hybridized carbons (Fsp3) is 1.00. The smallest absolute Gasteiger partial charge is 0.255 e. The molecule has 2 rings (SSSR count). The fourth-order valence-electron chi connectivity index (χ4n) is 2.13. The van der Waals surface area contributed by atoms with Gasteiger partial charge in [0.25, 0.3) is 5.92 Å². The van der Waals surface area contributed by atoms with E-state index in [2.05, 4.69) is 0 Å². The third-order valence-corrected chi connectivity index (χ3v) is 3.68. The molecule has 2 aliphatic rings. The maximum absolute atomic E-state index is 13.0. The summed E-state index contributed by atoms with van der Waals surface area (Å²) in [6.45, 7) is 4.11. The first-order chi connectivity index (χ1) is 6.97. The second-order valence-electron chi connectivity index (χ2n) is 4.82. The number of halogens is 3. The molecule has 1 aliphatic heterocycles. The lowest BCUT2D eigenvalue weighted by Gasteiger charge is -2.33. The second kappa shape index (κ2) is 3.82. The number of hydrogen-bond acceptors (Lipinski definition) is 2. The van der Waals surface area contributed by atoms with E-state index in [1.165, 1.54) is 0 Å². The van der Waals surface area contributed by atoms with Crippen molar-refractivity contribution in [1.29, 1.82) is 0 Å². The summed E-state index contributed by atoms with van der Waals surface area (Å²) < 4.78 is 31.4. The third kappa shape index (κ3) is 2.27. The van der Waals surface area contributed by atoms with Gasteiger partial charge in [0.1, 0.15) is 0 Å². The maximum Gasteiger partial charge on any atom is 0.255 e. The molecule has 0 aromatic carbocycles. The van der Waals surface area contributed by atoms with E-state index in [9.17, 15) is 8.78 Å². The zero-order valence-electron chi connectivity index (χ0n) is 8.81. The molecular weight excluding hydrogens is 224 g/mol. The van der Waals surface area contributed by atoms with Crippen molar-refractivity contribution in [2.24, 2.45) is 5.41 Å². The molecule has 5 heteroatoms. The third-order valence-electron chi connectivity index (χ3n) is 3.34. The molecule has 1 saturated carbocycles. The van der Waals surface area contributed by atoms with E-state index in [0.29, 0.717) is 25.6 Å².